The molecule has 1 saturated heterocycles. The van der Waals surface area contributed by atoms with E-state index in [1.807, 2.05) is 20.8 Å². The van der Waals surface area contributed by atoms with Crippen LogP contribution in [-0.2, 0) is 20.6 Å². The number of alkyl halides is 3. The number of carbonyl (C=O) groups is 3. The molecule has 2 aliphatic rings. The van der Waals surface area contributed by atoms with Gasteiger partial charge in [0.2, 0.25) is 11.8 Å². The van der Waals surface area contributed by atoms with Gasteiger partial charge in [-0.1, -0.05) is 39.0 Å². The van der Waals surface area contributed by atoms with Crippen LogP contribution in [0.5, 0.6) is 11.5 Å². The van der Waals surface area contributed by atoms with E-state index in [1.165, 1.54) is 25.2 Å². The number of halogens is 3. The van der Waals surface area contributed by atoms with E-state index in [4.69, 9.17) is 14.6 Å². The summed E-state index contributed by atoms with van der Waals surface area (Å²) in [6, 6.07) is 8.71. The van der Waals surface area contributed by atoms with E-state index in [9.17, 15) is 27.6 Å². The van der Waals surface area contributed by atoms with Gasteiger partial charge in [-0.3, -0.25) is 14.4 Å². The Kier molecular flexibility index (Phi) is 9.85. The summed E-state index contributed by atoms with van der Waals surface area (Å²) in [5.74, 6) is -2.27. The first-order valence-electron chi connectivity index (χ1n) is 14.8. The lowest BCUT2D eigenvalue weighted by Gasteiger charge is -2.34. The molecule has 2 amide bonds. The first-order chi connectivity index (χ1) is 20.6. The fourth-order valence-corrected chi connectivity index (χ4v) is 6.43. The smallest absolute Gasteiger partial charge is 0.416 e. The van der Waals surface area contributed by atoms with Crippen molar-refractivity contribution in [3.8, 4) is 11.5 Å². The lowest BCUT2D eigenvalue weighted by molar-refractivity contribution is -0.143. The summed E-state index contributed by atoms with van der Waals surface area (Å²) in [7, 11) is 2.92. The highest BCUT2D eigenvalue weighted by atomic mass is 19.4. The van der Waals surface area contributed by atoms with Gasteiger partial charge in [0.25, 0.3) is 0 Å². The summed E-state index contributed by atoms with van der Waals surface area (Å²) in [5, 5.41) is 9.14. The van der Waals surface area contributed by atoms with Crippen LogP contribution in [0.25, 0.3) is 0 Å². The number of hydrogen-bond donors (Lipinski definition) is 1. The number of carboxylic acids is 1. The molecule has 0 radical (unpaired) electrons. The number of likely N-dealkylation sites (tertiary alicyclic amines) is 1. The van der Waals surface area contributed by atoms with Gasteiger partial charge in [-0.25, -0.2) is 0 Å². The SMILES string of the molecule is COc1cccc(C2CN(CC(=O)N3CCC(CC(=O)O)CC3)C(=O)C(CC(C)(C)C)c3ccc(C(F)(F)F)cc32)c1OC. The van der Waals surface area contributed by atoms with Crippen LogP contribution in [0, 0.1) is 11.3 Å². The highest BCUT2D eigenvalue weighted by Crippen LogP contribution is 2.46. The maximum atomic E-state index is 14.3. The molecule has 11 heteroatoms. The lowest BCUT2D eigenvalue weighted by Crippen LogP contribution is -2.47. The Hall–Kier alpha value is -3.76. The number of ether oxygens (including phenoxy) is 2. The third-order valence-corrected chi connectivity index (χ3v) is 8.56. The number of aliphatic carboxylic acids is 1. The number of rotatable bonds is 8. The normalized spacial score (nSPS) is 19.8. The Labute approximate surface area is 256 Å². The highest BCUT2D eigenvalue weighted by Gasteiger charge is 2.41. The minimum absolute atomic E-state index is 0.0187. The number of methoxy groups -OCH3 is 2. The summed E-state index contributed by atoms with van der Waals surface area (Å²) in [4.78, 5) is 42.2. The summed E-state index contributed by atoms with van der Waals surface area (Å²) >= 11 is 0. The molecule has 1 fully saturated rings. The van der Waals surface area contributed by atoms with Crippen LogP contribution >= 0.6 is 0 Å². The molecule has 44 heavy (non-hydrogen) atoms. The molecule has 0 aliphatic carbocycles. The standard InChI is InChI=1S/C33H41F3N2O6/c1-32(2,3)17-25-22-10-9-21(33(34,35)36)16-24(22)26(23-7-6-8-27(43-4)30(23)44-5)18-38(31(25)42)19-28(39)37-13-11-20(12-14-37)15-29(40)41/h6-10,16,20,25-26H,11-15,17-19H2,1-5H3,(H,40,41). The number of nitrogens with zero attached hydrogens (tertiary/aromatic N) is 2. The van der Waals surface area contributed by atoms with E-state index in [2.05, 4.69) is 0 Å². The summed E-state index contributed by atoms with van der Waals surface area (Å²) in [5.41, 5.74) is 0.230. The highest BCUT2D eigenvalue weighted by molar-refractivity contribution is 5.90. The fourth-order valence-electron chi connectivity index (χ4n) is 6.43. The predicted molar refractivity (Wildman–Crippen MR) is 158 cm³/mol. The van der Waals surface area contributed by atoms with Crippen LogP contribution in [0.4, 0.5) is 13.2 Å². The van der Waals surface area contributed by atoms with Gasteiger partial charge in [0, 0.05) is 37.5 Å². The molecule has 1 N–H and O–H groups in total. The molecule has 2 aromatic carbocycles. The molecule has 0 saturated carbocycles. The summed E-state index contributed by atoms with van der Waals surface area (Å²) < 4.78 is 53.3. The Bertz CT molecular complexity index is 1380. The molecule has 2 heterocycles. The van der Waals surface area contributed by atoms with Crippen molar-refractivity contribution < 1.29 is 42.1 Å². The van der Waals surface area contributed by atoms with Gasteiger partial charge < -0.3 is 24.4 Å². The number of para-hydroxylation sites is 1. The maximum Gasteiger partial charge on any atom is 0.416 e. The first kappa shape index (κ1) is 33.1. The lowest BCUT2D eigenvalue weighted by atomic mass is 9.77. The summed E-state index contributed by atoms with van der Waals surface area (Å²) in [6.07, 6.45) is -3.10. The van der Waals surface area contributed by atoms with Gasteiger partial charge in [0.15, 0.2) is 11.5 Å². The van der Waals surface area contributed by atoms with Gasteiger partial charge in [-0.2, -0.15) is 13.2 Å². The number of benzene rings is 2. The molecule has 0 aromatic heterocycles. The Morgan fingerprint density at radius 1 is 0.977 bits per heavy atom. The van der Waals surface area contributed by atoms with Crippen molar-refractivity contribution in [1.29, 1.82) is 0 Å². The average molecular weight is 619 g/mol. The molecular formula is C33H41F3N2O6. The van der Waals surface area contributed by atoms with Crippen molar-refractivity contribution in [1.82, 2.24) is 9.80 Å². The van der Waals surface area contributed by atoms with E-state index in [1.54, 1.807) is 23.1 Å². The van der Waals surface area contributed by atoms with Gasteiger partial charge >= 0.3 is 12.1 Å². The van der Waals surface area contributed by atoms with E-state index < -0.39 is 29.5 Å². The minimum Gasteiger partial charge on any atom is -0.493 e. The molecule has 2 atom stereocenters. The number of fused-ring (bicyclic) bond motifs is 1. The topological polar surface area (TPSA) is 96.4 Å². The zero-order chi connectivity index (χ0) is 32.4. The van der Waals surface area contributed by atoms with Crippen molar-refractivity contribution in [3.63, 3.8) is 0 Å². The molecule has 2 aliphatic heterocycles. The predicted octanol–water partition coefficient (Wildman–Crippen LogP) is 5.93. The number of hydrogen-bond acceptors (Lipinski definition) is 5. The van der Waals surface area contributed by atoms with E-state index in [0.29, 0.717) is 60.5 Å². The van der Waals surface area contributed by atoms with Crippen molar-refractivity contribution in [2.75, 3.05) is 40.4 Å². The van der Waals surface area contributed by atoms with Crippen LogP contribution < -0.4 is 9.47 Å². The Morgan fingerprint density at radius 3 is 2.23 bits per heavy atom. The second-order valence-corrected chi connectivity index (χ2v) is 12.9. The zero-order valence-electron chi connectivity index (χ0n) is 25.9. The van der Waals surface area contributed by atoms with Crippen LogP contribution in [0.15, 0.2) is 36.4 Å². The van der Waals surface area contributed by atoms with Crippen molar-refractivity contribution in [3.05, 3.63) is 58.7 Å². The summed E-state index contributed by atoms with van der Waals surface area (Å²) in [6.45, 7) is 6.38. The van der Waals surface area contributed by atoms with E-state index in [0.717, 1.165) is 12.1 Å². The molecule has 2 unspecified atom stereocenters. The van der Waals surface area contributed by atoms with E-state index in [-0.39, 0.29) is 42.7 Å². The zero-order valence-corrected chi connectivity index (χ0v) is 25.9. The molecular weight excluding hydrogens is 577 g/mol. The quantitative estimate of drug-likeness (QED) is 0.394. The molecule has 8 nitrogen and oxygen atoms in total. The Balaban J connectivity index is 1.80. The van der Waals surface area contributed by atoms with Gasteiger partial charge in [0.05, 0.1) is 32.2 Å². The molecule has 4 rings (SSSR count). The van der Waals surface area contributed by atoms with Crippen LogP contribution in [-0.4, -0.2) is 73.1 Å². The average Bonchev–Trinajstić information content (AvgIpc) is 3.05. The molecule has 240 valence electrons. The number of carbonyl (C=O) groups excluding carboxylic acids is 2. The second kappa shape index (κ2) is 13.1. The van der Waals surface area contributed by atoms with Crippen molar-refractivity contribution >= 4 is 17.8 Å². The van der Waals surface area contributed by atoms with Crippen LogP contribution in [0.2, 0.25) is 0 Å². The maximum absolute atomic E-state index is 14.3. The van der Waals surface area contributed by atoms with Crippen molar-refractivity contribution in [2.45, 2.75) is 64.5 Å². The second-order valence-electron chi connectivity index (χ2n) is 12.9. The van der Waals surface area contributed by atoms with Crippen molar-refractivity contribution in [2.24, 2.45) is 11.3 Å². The monoisotopic (exact) mass is 618 g/mol. The van der Waals surface area contributed by atoms with Gasteiger partial charge in [-0.15, -0.1) is 0 Å². The fraction of sp³-hybridized carbons (Fsp3) is 0.545. The minimum atomic E-state index is -4.60. The first-order valence-corrected chi connectivity index (χ1v) is 14.8. The van der Waals surface area contributed by atoms with Gasteiger partial charge in [0.1, 0.15) is 0 Å². The molecule has 0 spiro atoms. The number of carboxylic acid groups (broad SMARTS) is 1. The van der Waals surface area contributed by atoms with Crippen LogP contribution in [0.1, 0.15) is 80.5 Å². The van der Waals surface area contributed by atoms with Crippen LogP contribution in [0.3, 0.4) is 0 Å². The molecule has 2 aromatic rings. The van der Waals surface area contributed by atoms with Gasteiger partial charge in [-0.05, 0) is 59.9 Å². The number of piperidine rings is 1. The Morgan fingerprint density at radius 2 is 1.66 bits per heavy atom. The number of amides is 2. The third kappa shape index (κ3) is 7.47. The largest absolute Gasteiger partial charge is 0.493 e. The molecule has 0 bridgehead atoms. The van der Waals surface area contributed by atoms with E-state index >= 15 is 0 Å². The third-order valence-electron chi connectivity index (χ3n) is 8.56.